The molecule has 0 spiro atoms. The van der Waals surface area contributed by atoms with Crippen LogP contribution in [0.1, 0.15) is 18.2 Å². The van der Waals surface area contributed by atoms with Crippen LogP contribution in [-0.2, 0) is 12.8 Å². The van der Waals surface area contributed by atoms with Crippen LogP contribution in [0, 0.1) is 0 Å². The van der Waals surface area contributed by atoms with Crippen molar-refractivity contribution >= 4 is 39.7 Å². The van der Waals surface area contributed by atoms with Crippen LogP contribution >= 0.6 is 22.9 Å². The van der Waals surface area contributed by atoms with Crippen molar-refractivity contribution in [1.82, 2.24) is 15.0 Å². The van der Waals surface area contributed by atoms with E-state index in [1.54, 1.807) is 11.3 Å². The lowest BCUT2D eigenvalue weighted by atomic mass is 10.00. The fourth-order valence-corrected chi connectivity index (χ4v) is 4.16. The fourth-order valence-electron chi connectivity index (χ4n) is 2.82. The van der Waals surface area contributed by atoms with Gasteiger partial charge in [0.2, 0.25) is 5.95 Å². The summed E-state index contributed by atoms with van der Waals surface area (Å²) in [6, 6.07) is 7.43. The number of aromatic nitrogens is 3. The van der Waals surface area contributed by atoms with Crippen molar-refractivity contribution in [3.8, 4) is 10.6 Å². The molecule has 3 N–H and O–H groups in total. The molecule has 0 aliphatic heterocycles. The van der Waals surface area contributed by atoms with Crippen molar-refractivity contribution in [1.29, 1.82) is 0 Å². The summed E-state index contributed by atoms with van der Waals surface area (Å²) in [5.41, 5.74) is 3.94. The monoisotopic (exact) mass is 387 g/mol. The molecule has 0 amide bonds. The zero-order valence-corrected chi connectivity index (χ0v) is 15.7. The number of thiazole rings is 1. The highest BCUT2D eigenvalue weighted by Gasteiger charge is 2.23. The first-order valence-corrected chi connectivity index (χ1v) is 9.58. The zero-order valence-electron chi connectivity index (χ0n) is 14.2. The van der Waals surface area contributed by atoms with Crippen LogP contribution < -0.4 is 10.6 Å². The first-order chi connectivity index (χ1) is 12.6. The predicted octanol–water partition coefficient (Wildman–Crippen LogP) is 3.89. The Morgan fingerprint density at radius 2 is 2.19 bits per heavy atom. The van der Waals surface area contributed by atoms with Gasteiger partial charge in [0.25, 0.3) is 0 Å². The summed E-state index contributed by atoms with van der Waals surface area (Å²) >= 11 is 7.60. The molecule has 0 fully saturated rings. The Morgan fingerprint density at radius 3 is 3.00 bits per heavy atom. The van der Waals surface area contributed by atoms with Gasteiger partial charge in [-0.15, -0.1) is 0 Å². The highest BCUT2D eigenvalue weighted by atomic mass is 35.5. The van der Waals surface area contributed by atoms with Crippen LogP contribution in [-0.4, -0.2) is 32.7 Å². The summed E-state index contributed by atoms with van der Waals surface area (Å²) in [7, 11) is 0. The normalized spacial score (nSPS) is 13.7. The molecule has 0 saturated heterocycles. The summed E-state index contributed by atoms with van der Waals surface area (Å²) in [5, 5.41) is 17.1. The standard InChI is InChI=1S/C18H18ClN5OS/c1-10(9-25)21-18-23-14-6-5-11-8-20-17(24-15(11)16(14)26-18)22-13-4-2-3-12(19)7-13/h2-4,7-8,10,25H,5-6,9H2,1H3,(H,21,23)(H,20,22,24). The molecule has 1 aromatic carbocycles. The Labute approximate surface area is 160 Å². The van der Waals surface area contributed by atoms with Gasteiger partial charge in [-0.05, 0) is 43.5 Å². The van der Waals surface area contributed by atoms with Crippen LogP contribution in [0.3, 0.4) is 0 Å². The molecule has 0 radical (unpaired) electrons. The van der Waals surface area contributed by atoms with Crippen LogP contribution in [0.25, 0.3) is 10.6 Å². The quantitative estimate of drug-likeness (QED) is 0.616. The topological polar surface area (TPSA) is 83.0 Å². The molecule has 4 rings (SSSR count). The minimum atomic E-state index is -0.0347. The minimum Gasteiger partial charge on any atom is -0.394 e. The van der Waals surface area contributed by atoms with Crippen molar-refractivity contribution in [2.24, 2.45) is 0 Å². The molecule has 1 atom stereocenters. The molecule has 26 heavy (non-hydrogen) atoms. The molecule has 2 heterocycles. The van der Waals surface area contributed by atoms with Crippen molar-refractivity contribution in [2.45, 2.75) is 25.8 Å². The number of aryl methyl sites for hydroxylation is 2. The number of aliphatic hydroxyl groups excluding tert-OH is 1. The molecular weight excluding hydrogens is 370 g/mol. The number of benzene rings is 1. The van der Waals surface area contributed by atoms with Gasteiger partial charge < -0.3 is 15.7 Å². The molecule has 1 unspecified atom stereocenters. The molecule has 2 aromatic heterocycles. The van der Waals surface area contributed by atoms with Crippen molar-refractivity contribution < 1.29 is 5.11 Å². The molecule has 1 aliphatic carbocycles. The van der Waals surface area contributed by atoms with Gasteiger partial charge in [0, 0.05) is 22.9 Å². The maximum absolute atomic E-state index is 9.23. The number of hydrogen-bond acceptors (Lipinski definition) is 7. The number of fused-ring (bicyclic) bond motifs is 3. The Kier molecular flexibility index (Phi) is 4.76. The Balaban J connectivity index is 1.64. The number of rotatable bonds is 5. The summed E-state index contributed by atoms with van der Waals surface area (Å²) in [5.74, 6) is 0.533. The van der Waals surface area contributed by atoms with E-state index < -0.39 is 0 Å². The van der Waals surface area contributed by atoms with Crippen molar-refractivity contribution in [3.05, 3.63) is 46.7 Å². The van der Waals surface area contributed by atoms with Gasteiger partial charge in [-0.1, -0.05) is 29.0 Å². The lowest BCUT2D eigenvalue weighted by Gasteiger charge is -2.15. The Hall–Kier alpha value is -2.22. The number of nitrogens with one attached hydrogen (secondary N) is 2. The van der Waals surface area contributed by atoms with Crippen molar-refractivity contribution in [2.75, 3.05) is 17.2 Å². The first-order valence-electron chi connectivity index (χ1n) is 8.38. The third-order valence-corrected chi connectivity index (χ3v) is 5.40. The van der Waals surface area contributed by atoms with E-state index in [-0.39, 0.29) is 12.6 Å². The molecule has 1 aliphatic rings. The van der Waals surface area contributed by atoms with Gasteiger partial charge in [-0.3, -0.25) is 0 Å². The van der Waals surface area contributed by atoms with E-state index in [4.69, 9.17) is 16.6 Å². The lowest BCUT2D eigenvalue weighted by Crippen LogP contribution is -2.19. The van der Waals surface area contributed by atoms with Crippen LogP contribution in [0.5, 0.6) is 0 Å². The molecule has 0 bridgehead atoms. The predicted molar refractivity (Wildman–Crippen MR) is 105 cm³/mol. The first kappa shape index (κ1) is 17.2. The van der Waals surface area contributed by atoms with Gasteiger partial charge in [0.1, 0.15) is 0 Å². The van der Waals surface area contributed by atoms with E-state index in [0.29, 0.717) is 11.0 Å². The lowest BCUT2D eigenvalue weighted by molar-refractivity contribution is 0.281. The average Bonchev–Trinajstić information content (AvgIpc) is 3.04. The van der Waals surface area contributed by atoms with E-state index in [1.165, 1.54) is 0 Å². The Morgan fingerprint density at radius 1 is 1.31 bits per heavy atom. The van der Waals surface area contributed by atoms with Gasteiger partial charge in [-0.2, -0.15) is 0 Å². The van der Waals surface area contributed by atoms with Gasteiger partial charge in [-0.25, -0.2) is 15.0 Å². The second-order valence-electron chi connectivity index (χ2n) is 6.23. The number of nitrogens with zero attached hydrogens (tertiary/aromatic N) is 3. The summed E-state index contributed by atoms with van der Waals surface area (Å²) in [6.45, 7) is 1.99. The summed E-state index contributed by atoms with van der Waals surface area (Å²) < 4.78 is 0. The van der Waals surface area contributed by atoms with Crippen LogP contribution in [0.4, 0.5) is 16.8 Å². The van der Waals surface area contributed by atoms with E-state index in [9.17, 15) is 5.11 Å². The molecule has 6 nitrogen and oxygen atoms in total. The minimum absolute atomic E-state index is 0.0347. The van der Waals surface area contributed by atoms with E-state index in [1.807, 2.05) is 37.4 Å². The zero-order chi connectivity index (χ0) is 18.1. The fraction of sp³-hybridized carbons (Fsp3) is 0.278. The maximum Gasteiger partial charge on any atom is 0.227 e. The Bertz CT molecular complexity index is 945. The maximum atomic E-state index is 9.23. The number of hydrogen-bond donors (Lipinski definition) is 3. The van der Waals surface area contributed by atoms with E-state index in [0.717, 1.165) is 45.5 Å². The molecule has 8 heteroatoms. The largest absolute Gasteiger partial charge is 0.394 e. The van der Waals surface area contributed by atoms with Gasteiger partial charge in [0.15, 0.2) is 5.13 Å². The molecule has 134 valence electrons. The second kappa shape index (κ2) is 7.19. The molecule has 0 saturated carbocycles. The summed E-state index contributed by atoms with van der Waals surface area (Å²) in [4.78, 5) is 14.9. The van der Waals surface area contributed by atoms with Crippen LogP contribution in [0.15, 0.2) is 30.5 Å². The number of aliphatic hydroxyl groups is 1. The smallest absolute Gasteiger partial charge is 0.227 e. The van der Waals surface area contributed by atoms with Gasteiger partial charge in [0.05, 0.1) is 22.9 Å². The SMILES string of the molecule is CC(CO)Nc1nc2c(s1)-c1nc(Nc3cccc(Cl)c3)ncc1CC2. The highest BCUT2D eigenvalue weighted by Crippen LogP contribution is 2.38. The van der Waals surface area contributed by atoms with Crippen LogP contribution in [0.2, 0.25) is 5.02 Å². The van der Waals surface area contributed by atoms with Gasteiger partial charge >= 0.3 is 0 Å². The third-order valence-electron chi connectivity index (χ3n) is 4.13. The average molecular weight is 388 g/mol. The highest BCUT2D eigenvalue weighted by molar-refractivity contribution is 7.19. The number of halogens is 1. The molecular formula is C18H18ClN5OS. The van der Waals surface area contributed by atoms with E-state index in [2.05, 4.69) is 20.6 Å². The third kappa shape index (κ3) is 3.51. The molecule has 3 aromatic rings. The number of anilines is 3. The second-order valence-corrected chi connectivity index (χ2v) is 7.66. The summed E-state index contributed by atoms with van der Waals surface area (Å²) in [6.07, 6.45) is 3.62. The van der Waals surface area contributed by atoms with E-state index >= 15 is 0 Å². The van der Waals surface area contributed by atoms with Crippen molar-refractivity contribution in [3.63, 3.8) is 0 Å².